The molecule has 0 radical (unpaired) electrons. The maximum absolute atomic E-state index is 11.9. The van der Waals surface area contributed by atoms with Crippen molar-refractivity contribution in [3.63, 3.8) is 0 Å². The summed E-state index contributed by atoms with van der Waals surface area (Å²) in [6.07, 6.45) is 0. The first kappa shape index (κ1) is 27.1. The van der Waals surface area contributed by atoms with E-state index in [9.17, 15) is 13.9 Å². The molecule has 0 aliphatic carbocycles. The van der Waals surface area contributed by atoms with Crippen LogP contribution in [-0.4, -0.2) is 42.1 Å². The van der Waals surface area contributed by atoms with E-state index in [1.165, 1.54) is 0 Å². The van der Waals surface area contributed by atoms with Crippen LogP contribution >= 0.6 is 11.3 Å². The minimum Gasteiger partial charge on any atom is -0.413 e. The molecule has 0 fully saturated rings. The van der Waals surface area contributed by atoms with Crippen molar-refractivity contribution in [3.8, 4) is 0 Å². The molecule has 0 aromatic carbocycles. The highest BCUT2D eigenvalue weighted by molar-refractivity contribution is 7.81. The molecular weight excluding hydrogens is 443 g/mol. The average molecular weight is 482 g/mol. The molecule has 1 rings (SSSR count). The van der Waals surface area contributed by atoms with Gasteiger partial charge in [0.05, 0.1) is 18.9 Å². The molecule has 0 spiro atoms. The topological polar surface area (TPSA) is 88.9 Å². The van der Waals surface area contributed by atoms with E-state index < -0.39 is 33.3 Å². The Morgan fingerprint density at radius 1 is 0.966 bits per heavy atom. The third-order valence-corrected chi connectivity index (χ3v) is 17.5. The maximum atomic E-state index is 11.9. The molecule has 0 bridgehead atoms. The Labute approximate surface area is 185 Å². The van der Waals surface area contributed by atoms with Gasteiger partial charge in [-0.1, -0.05) is 41.5 Å². The second-order valence-electron chi connectivity index (χ2n) is 10.9. The van der Waals surface area contributed by atoms with Crippen LogP contribution in [-0.2, 0) is 32.1 Å². The summed E-state index contributed by atoms with van der Waals surface area (Å²) >= 11 is -1.14. The van der Waals surface area contributed by atoms with Crippen LogP contribution in [0, 0.1) is 0 Å². The Balaban J connectivity index is 3.09. The molecule has 1 heterocycles. The number of nitrogens with zero attached hydrogens (tertiary/aromatic N) is 1. The normalized spacial score (nSPS) is 17.3. The third-order valence-electron chi connectivity index (χ3n) is 6.18. The first-order chi connectivity index (χ1) is 12.7. The lowest BCUT2D eigenvalue weighted by Gasteiger charge is -2.38. The average Bonchev–Trinajstić information content (AvgIpc) is 2.94. The van der Waals surface area contributed by atoms with Gasteiger partial charge in [0.2, 0.25) is 0 Å². The molecular formula is C19H39NO5S2Si2. The summed E-state index contributed by atoms with van der Waals surface area (Å²) in [6, 6.07) is 0. The lowest BCUT2D eigenvalue weighted by Crippen LogP contribution is -2.44. The number of thiazole rings is 1. The van der Waals surface area contributed by atoms with Crippen LogP contribution < -0.4 is 0 Å². The van der Waals surface area contributed by atoms with Gasteiger partial charge in [0, 0.05) is 0 Å². The molecule has 1 aromatic heterocycles. The highest BCUT2D eigenvalue weighted by Gasteiger charge is 2.41. The number of rotatable bonds is 8. The molecule has 170 valence electrons. The van der Waals surface area contributed by atoms with Crippen molar-refractivity contribution in [3.05, 3.63) is 10.7 Å². The van der Waals surface area contributed by atoms with E-state index in [2.05, 4.69) is 72.7 Å². The van der Waals surface area contributed by atoms with Crippen molar-refractivity contribution in [2.45, 2.75) is 101 Å². The summed E-state index contributed by atoms with van der Waals surface area (Å²) in [5, 5.41) is 11.4. The number of aromatic nitrogens is 1. The van der Waals surface area contributed by atoms with Gasteiger partial charge < -0.3 is 18.5 Å². The van der Waals surface area contributed by atoms with Crippen molar-refractivity contribution in [2.24, 2.45) is 0 Å². The lowest BCUT2D eigenvalue weighted by molar-refractivity contribution is 0.00224. The minimum atomic E-state index is -2.19. The molecule has 0 amide bonds. The zero-order valence-electron chi connectivity index (χ0n) is 19.8. The molecule has 2 unspecified atom stereocenters. The van der Waals surface area contributed by atoms with Crippen molar-refractivity contribution in [2.75, 3.05) is 6.61 Å². The van der Waals surface area contributed by atoms with Crippen LogP contribution in [0.25, 0.3) is 0 Å². The Morgan fingerprint density at radius 3 is 1.83 bits per heavy atom. The number of hydrogen-bond acceptors (Lipinski definition) is 6. The Bertz CT molecular complexity index is 734. The highest BCUT2D eigenvalue weighted by Crippen LogP contribution is 2.40. The van der Waals surface area contributed by atoms with Crippen LogP contribution in [0.2, 0.25) is 36.3 Å². The van der Waals surface area contributed by atoms with Crippen LogP contribution in [0.5, 0.6) is 0 Å². The monoisotopic (exact) mass is 481 g/mol. The molecule has 0 saturated carbocycles. The largest absolute Gasteiger partial charge is 0.413 e. The summed E-state index contributed by atoms with van der Waals surface area (Å²) in [7, 11) is -4.09. The van der Waals surface area contributed by atoms with E-state index >= 15 is 0 Å². The van der Waals surface area contributed by atoms with Crippen molar-refractivity contribution in [1.29, 1.82) is 0 Å². The molecule has 0 aliphatic rings. The van der Waals surface area contributed by atoms with Gasteiger partial charge in [-0.3, -0.25) is 0 Å². The van der Waals surface area contributed by atoms with Gasteiger partial charge in [-0.2, -0.15) is 0 Å². The second kappa shape index (κ2) is 8.89. The molecule has 0 saturated heterocycles. The smallest absolute Gasteiger partial charge is 0.198 e. The molecule has 6 nitrogen and oxygen atoms in total. The molecule has 2 atom stereocenters. The summed E-state index contributed by atoms with van der Waals surface area (Å²) in [5.41, 5.74) is -0.924. The third kappa shape index (κ3) is 6.77. The minimum absolute atomic E-state index is 0.0197. The first-order valence-corrected chi connectivity index (χ1v) is 17.6. The van der Waals surface area contributed by atoms with Crippen LogP contribution in [0.1, 0.15) is 59.2 Å². The fourth-order valence-electron chi connectivity index (χ4n) is 1.86. The van der Waals surface area contributed by atoms with Gasteiger partial charge in [-0.25, -0.2) is 9.19 Å². The Morgan fingerprint density at radius 2 is 1.41 bits per heavy atom. The van der Waals surface area contributed by atoms with Gasteiger partial charge in [-0.15, -0.1) is 11.3 Å². The van der Waals surface area contributed by atoms with Crippen LogP contribution in [0.15, 0.2) is 4.21 Å². The maximum Gasteiger partial charge on any atom is 0.198 e. The van der Waals surface area contributed by atoms with E-state index in [1.54, 1.807) is 6.92 Å². The van der Waals surface area contributed by atoms with Gasteiger partial charge in [0.1, 0.15) is 14.8 Å². The predicted octanol–water partition coefficient (Wildman–Crippen LogP) is 5.47. The summed E-state index contributed by atoms with van der Waals surface area (Å²) in [6.45, 7) is 23.2. The van der Waals surface area contributed by atoms with E-state index in [0.29, 0.717) is 10.7 Å². The van der Waals surface area contributed by atoms with Gasteiger partial charge in [0.25, 0.3) is 0 Å². The van der Waals surface area contributed by atoms with E-state index in [0.717, 1.165) is 11.3 Å². The molecule has 29 heavy (non-hydrogen) atoms. The SMILES string of the molecule is CC(O)(CO[Si](C)(C)C(C)(C)C)c1nc(CO[Si](C)(C)C(C)(C)C)c(S(=O)O)s1. The fourth-order valence-corrected chi connectivity index (χ4v) is 5.53. The van der Waals surface area contributed by atoms with E-state index in [4.69, 9.17) is 8.85 Å². The van der Waals surface area contributed by atoms with Crippen molar-refractivity contribution < 1.29 is 22.7 Å². The standard InChI is InChI=1S/C19H39NO5S2Si2/c1-17(2,3)28(8,9)24-12-14-15(27(22)23)26-16(20-14)19(7,21)13-25-29(10,11)18(4,5)6/h21H,12-13H2,1-11H3,(H,22,23). The van der Waals surface area contributed by atoms with Crippen LogP contribution in [0.3, 0.4) is 0 Å². The fraction of sp³-hybridized carbons (Fsp3) is 0.842. The lowest BCUT2D eigenvalue weighted by atomic mass is 10.1. The zero-order valence-corrected chi connectivity index (χ0v) is 23.4. The first-order valence-electron chi connectivity index (χ1n) is 9.83. The Hall–Kier alpha value is 0.0538. The number of hydrogen-bond donors (Lipinski definition) is 2. The zero-order chi connectivity index (χ0) is 23.1. The molecule has 1 aromatic rings. The summed E-state index contributed by atoms with van der Waals surface area (Å²) in [4.78, 5) is 4.50. The van der Waals surface area contributed by atoms with Gasteiger partial charge in [0.15, 0.2) is 27.7 Å². The van der Waals surface area contributed by atoms with E-state index in [1.807, 2.05) is 0 Å². The molecule has 2 N–H and O–H groups in total. The van der Waals surface area contributed by atoms with E-state index in [-0.39, 0.29) is 27.5 Å². The quantitative estimate of drug-likeness (QED) is 0.378. The van der Waals surface area contributed by atoms with Crippen LogP contribution in [0.4, 0.5) is 0 Å². The molecule has 0 aliphatic heterocycles. The Kier molecular flexibility index (Phi) is 8.31. The predicted molar refractivity (Wildman–Crippen MR) is 126 cm³/mol. The summed E-state index contributed by atoms with van der Waals surface area (Å²) in [5.74, 6) is 0. The van der Waals surface area contributed by atoms with Gasteiger partial charge in [-0.05, 0) is 43.2 Å². The highest BCUT2D eigenvalue weighted by atomic mass is 32.2. The second-order valence-corrected chi connectivity index (χ2v) is 22.7. The van der Waals surface area contributed by atoms with Gasteiger partial charge >= 0.3 is 0 Å². The van der Waals surface area contributed by atoms with Crippen molar-refractivity contribution >= 4 is 39.1 Å². The summed E-state index contributed by atoms with van der Waals surface area (Å²) < 4.78 is 34.2. The molecule has 10 heteroatoms. The van der Waals surface area contributed by atoms with Crippen molar-refractivity contribution in [1.82, 2.24) is 4.98 Å². The number of aliphatic hydroxyl groups is 1.